The third-order valence-corrected chi connectivity index (χ3v) is 3.56. The van der Waals surface area contributed by atoms with Gasteiger partial charge in [-0.3, -0.25) is 0 Å². The molecule has 112 valence electrons. The molecule has 0 amide bonds. The molecule has 0 N–H and O–H groups in total. The van der Waals surface area contributed by atoms with Gasteiger partial charge in [0.2, 0.25) is 11.2 Å². The lowest BCUT2D eigenvalue weighted by molar-refractivity contribution is 0.0493. The molecule has 2 rings (SSSR count). The Labute approximate surface area is 124 Å². The molecule has 0 aromatic carbocycles. The van der Waals surface area contributed by atoms with Crippen molar-refractivity contribution in [3.63, 3.8) is 0 Å². The summed E-state index contributed by atoms with van der Waals surface area (Å²) in [6.07, 6.45) is 1.20. The molecular formula is C13H21ClN4O2. The first-order valence-corrected chi connectivity index (χ1v) is 7.23. The van der Waals surface area contributed by atoms with Crippen LogP contribution in [0.1, 0.15) is 27.2 Å². The van der Waals surface area contributed by atoms with Gasteiger partial charge in [-0.25, -0.2) is 0 Å². The van der Waals surface area contributed by atoms with Crippen molar-refractivity contribution in [2.45, 2.75) is 39.4 Å². The van der Waals surface area contributed by atoms with Crippen LogP contribution in [0.25, 0.3) is 0 Å². The standard InChI is InChI=1S/C13H21ClN4O2/c1-8(2)20-13-16-11(14)15-12(17-13)18-6-5-9(3)10(7-18)19-4/h8-10H,5-7H2,1-4H3. The summed E-state index contributed by atoms with van der Waals surface area (Å²) in [6, 6.07) is 0.266. The number of rotatable bonds is 4. The summed E-state index contributed by atoms with van der Waals surface area (Å²) >= 11 is 5.95. The van der Waals surface area contributed by atoms with Crippen LogP contribution in [0.2, 0.25) is 5.28 Å². The Kier molecular flexibility index (Phi) is 4.99. The number of methoxy groups -OCH3 is 1. The zero-order valence-electron chi connectivity index (χ0n) is 12.3. The van der Waals surface area contributed by atoms with Crippen molar-refractivity contribution in [3.05, 3.63) is 5.28 Å². The number of aromatic nitrogens is 3. The lowest BCUT2D eigenvalue weighted by Gasteiger charge is -2.36. The lowest BCUT2D eigenvalue weighted by atomic mass is 9.96. The second-order valence-electron chi connectivity index (χ2n) is 5.34. The van der Waals surface area contributed by atoms with Crippen LogP contribution in [0, 0.1) is 5.92 Å². The zero-order chi connectivity index (χ0) is 14.7. The summed E-state index contributed by atoms with van der Waals surface area (Å²) in [6.45, 7) is 7.66. The highest BCUT2D eigenvalue weighted by Gasteiger charge is 2.28. The molecule has 6 nitrogen and oxygen atoms in total. The van der Waals surface area contributed by atoms with E-state index in [2.05, 4.69) is 26.8 Å². The number of piperidine rings is 1. The van der Waals surface area contributed by atoms with Gasteiger partial charge < -0.3 is 14.4 Å². The number of ether oxygens (including phenoxy) is 2. The van der Waals surface area contributed by atoms with Crippen LogP contribution in [-0.2, 0) is 4.74 Å². The first-order chi connectivity index (χ1) is 9.49. The van der Waals surface area contributed by atoms with E-state index in [0.29, 0.717) is 11.9 Å². The Morgan fingerprint density at radius 2 is 2.05 bits per heavy atom. The van der Waals surface area contributed by atoms with Gasteiger partial charge in [-0.05, 0) is 37.8 Å². The summed E-state index contributed by atoms with van der Waals surface area (Å²) < 4.78 is 11.0. The predicted octanol–water partition coefficient (Wildman–Crippen LogP) is 2.17. The molecule has 0 bridgehead atoms. The molecule has 2 unspecified atom stereocenters. The fourth-order valence-corrected chi connectivity index (χ4v) is 2.40. The minimum Gasteiger partial charge on any atom is -0.461 e. The fourth-order valence-electron chi connectivity index (χ4n) is 2.25. The topological polar surface area (TPSA) is 60.4 Å². The average molecular weight is 301 g/mol. The van der Waals surface area contributed by atoms with E-state index >= 15 is 0 Å². The van der Waals surface area contributed by atoms with Gasteiger partial charge in [0.15, 0.2) is 0 Å². The van der Waals surface area contributed by atoms with Crippen LogP contribution < -0.4 is 9.64 Å². The maximum Gasteiger partial charge on any atom is 0.322 e. The first-order valence-electron chi connectivity index (χ1n) is 6.85. The Morgan fingerprint density at radius 3 is 2.70 bits per heavy atom. The number of hydrogen-bond donors (Lipinski definition) is 0. The van der Waals surface area contributed by atoms with Gasteiger partial charge >= 0.3 is 6.01 Å². The van der Waals surface area contributed by atoms with Crippen molar-refractivity contribution >= 4 is 17.5 Å². The second kappa shape index (κ2) is 6.54. The van der Waals surface area contributed by atoms with Gasteiger partial charge in [0.1, 0.15) is 0 Å². The van der Waals surface area contributed by atoms with E-state index in [-0.39, 0.29) is 23.5 Å². The summed E-state index contributed by atoms with van der Waals surface area (Å²) in [7, 11) is 1.73. The fraction of sp³-hybridized carbons (Fsp3) is 0.769. The summed E-state index contributed by atoms with van der Waals surface area (Å²) in [4.78, 5) is 14.6. The normalized spacial score (nSPS) is 23.2. The van der Waals surface area contributed by atoms with E-state index in [1.54, 1.807) is 7.11 Å². The minimum atomic E-state index is -0.00517. The molecule has 2 atom stereocenters. The van der Waals surface area contributed by atoms with E-state index < -0.39 is 0 Å². The van der Waals surface area contributed by atoms with Crippen molar-refractivity contribution in [2.24, 2.45) is 5.92 Å². The maximum atomic E-state index is 5.95. The molecule has 0 spiro atoms. The summed E-state index contributed by atoms with van der Waals surface area (Å²) in [5.41, 5.74) is 0. The number of hydrogen-bond acceptors (Lipinski definition) is 6. The van der Waals surface area contributed by atoms with Crippen LogP contribution in [0.15, 0.2) is 0 Å². The van der Waals surface area contributed by atoms with Crippen LogP contribution in [0.4, 0.5) is 5.95 Å². The minimum absolute atomic E-state index is 0.00517. The van der Waals surface area contributed by atoms with Gasteiger partial charge in [-0.1, -0.05) is 6.92 Å². The molecule has 0 radical (unpaired) electrons. The van der Waals surface area contributed by atoms with Crippen LogP contribution in [0.3, 0.4) is 0 Å². The maximum absolute atomic E-state index is 5.95. The van der Waals surface area contributed by atoms with Crippen molar-refractivity contribution < 1.29 is 9.47 Å². The molecule has 7 heteroatoms. The highest BCUT2D eigenvalue weighted by molar-refractivity contribution is 6.28. The van der Waals surface area contributed by atoms with Gasteiger partial charge in [0, 0.05) is 20.2 Å². The largest absolute Gasteiger partial charge is 0.461 e. The number of halogens is 1. The first kappa shape index (κ1) is 15.3. The zero-order valence-corrected chi connectivity index (χ0v) is 13.1. The monoisotopic (exact) mass is 300 g/mol. The highest BCUT2D eigenvalue weighted by atomic mass is 35.5. The molecule has 1 fully saturated rings. The van der Waals surface area contributed by atoms with Crippen molar-refractivity contribution in [1.82, 2.24) is 15.0 Å². The Hall–Kier alpha value is -1.14. The molecule has 1 aromatic rings. The molecular weight excluding hydrogens is 280 g/mol. The summed E-state index contributed by atoms with van der Waals surface area (Å²) in [5.74, 6) is 1.08. The number of nitrogens with zero attached hydrogens (tertiary/aromatic N) is 4. The average Bonchev–Trinajstić information content (AvgIpc) is 2.37. The van der Waals surface area contributed by atoms with Crippen LogP contribution >= 0.6 is 11.6 Å². The summed E-state index contributed by atoms with van der Waals surface area (Å²) in [5, 5.41) is 0.151. The predicted molar refractivity (Wildman–Crippen MR) is 77.4 cm³/mol. The molecule has 1 aliphatic rings. The van der Waals surface area contributed by atoms with E-state index in [0.717, 1.165) is 19.5 Å². The van der Waals surface area contributed by atoms with E-state index in [1.807, 2.05) is 13.8 Å². The third kappa shape index (κ3) is 3.70. The molecule has 20 heavy (non-hydrogen) atoms. The molecule has 0 saturated carbocycles. The van der Waals surface area contributed by atoms with Crippen LogP contribution in [0.5, 0.6) is 6.01 Å². The molecule has 2 heterocycles. The third-order valence-electron chi connectivity index (χ3n) is 3.39. The van der Waals surface area contributed by atoms with Crippen LogP contribution in [-0.4, -0.2) is 47.4 Å². The van der Waals surface area contributed by atoms with Crippen molar-refractivity contribution in [1.29, 1.82) is 0 Å². The van der Waals surface area contributed by atoms with Gasteiger partial charge in [0.05, 0.1) is 12.2 Å². The molecule has 0 aliphatic carbocycles. The Bertz CT molecular complexity index is 458. The molecule has 1 aromatic heterocycles. The SMILES string of the molecule is COC1CN(c2nc(Cl)nc(OC(C)C)n2)CCC1C. The van der Waals surface area contributed by atoms with E-state index in [1.165, 1.54) is 0 Å². The van der Waals surface area contributed by atoms with E-state index in [9.17, 15) is 0 Å². The molecule has 1 aliphatic heterocycles. The van der Waals surface area contributed by atoms with Crippen molar-refractivity contribution in [3.8, 4) is 6.01 Å². The molecule has 1 saturated heterocycles. The quantitative estimate of drug-likeness (QED) is 0.849. The number of anilines is 1. The Balaban J connectivity index is 2.17. The Morgan fingerprint density at radius 1 is 1.30 bits per heavy atom. The van der Waals surface area contributed by atoms with E-state index in [4.69, 9.17) is 21.1 Å². The van der Waals surface area contributed by atoms with Gasteiger partial charge in [0.25, 0.3) is 0 Å². The van der Waals surface area contributed by atoms with Crippen molar-refractivity contribution in [2.75, 3.05) is 25.1 Å². The van der Waals surface area contributed by atoms with Gasteiger partial charge in [-0.15, -0.1) is 0 Å². The highest BCUT2D eigenvalue weighted by Crippen LogP contribution is 2.24. The second-order valence-corrected chi connectivity index (χ2v) is 5.68. The van der Waals surface area contributed by atoms with Gasteiger partial charge in [-0.2, -0.15) is 15.0 Å². The smallest absolute Gasteiger partial charge is 0.322 e. The lowest BCUT2D eigenvalue weighted by Crippen LogP contribution is -2.44.